The fourth-order valence-electron chi connectivity index (χ4n) is 3.72. The first kappa shape index (κ1) is 28.3. The van der Waals surface area contributed by atoms with E-state index in [2.05, 4.69) is 17.5 Å². The highest BCUT2D eigenvalue weighted by molar-refractivity contribution is 5.94. The minimum absolute atomic E-state index is 0.141. The van der Waals surface area contributed by atoms with Crippen molar-refractivity contribution in [1.82, 2.24) is 5.43 Å². The van der Waals surface area contributed by atoms with Crippen molar-refractivity contribution in [3.8, 4) is 11.5 Å². The van der Waals surface area contributed by atoms with Crippen molar-refractivity contribution in [1.29, 1.82) is 0 Å². The second-order valence-electron chi connectivity index (χ2n) is 8.88. The second kappa shape index (κ2) is 15.8. The van der Waals surface area contributed by atoms with Crippen molar-refractivity contribution in [2.24, 2.45) is 5.10 Å². The van der Waals surface area contributed by atoms with E-state index in [0.717, 1.165) is 19.3 Å². The zero-order valence-electron chi connectivity index (χ0n) is 21.7. The molecule has 0 saturated carbocycles. The predicted octanol–water partition coefficient (Wildman–Crippen LogP) is 6.72. The van der Waals surface area contributed by atoms with E-state index in [1.807, 2.05) is 0 Å². The number of carbonyl (C=O) groups is 3. The van der Waals surface area contributed by atoms with E-state index in [0.29, 0.717) is 23.1 Å². The first-order valence-electron chi connectivity index (χ1n) is 13.1. The molecule has 3 aromatic rings. The molecule has 0 saturated heterocycles. The summed E-state index contributed by atoms with van der Waals surface area (Å²) < 4.78 is 11.1. The Morgan fingerprint density at radius 1 is 0.737 bits per heavy atom. The number of hydrogen-bond acceptors (Lipinski definition) is 6. The summed E-state index contributed by atoms with van der Waals surface area (Å²) in [6.07, 6.45) is 9.69. The third-order valence-corrected chi connectivity index (χ3v) is 5.82. The van der Waals surface area contributed by atoms with Crippen LogP contribution in [-0.4, -0.2) is 24.1 Å². The quantitative estimate of drug-likeness (QED) is 0.0848. The van der Waals surface area contributed by atoms with Crippen LogP contribution in [-0.2, 0) is 4.79 Å². The number of esters is 2. The molecule has 0 spiro atoms. The lowest BCUT2D eigenvalue weighted by Crippen LogP contribution is -2.17. The number of ether oxygens (including phenoxy) is 2. The predicted molar refractivity (Wildman–Crippen MR) is 148 cm³/mol. The molecular weight excluding hydrogens is 480 g/mol. The third-order valence-electron chi connectivity index (χ3n) is 5.82. The number of hydrogen-bond donors (Lipinski definition) is 1. The average Bonchev–Trinajstić information content (AvgIpc) is 2.94. The number of amides is 1. The summed E-state index contributed by atoms with van der Waals surface area (Å²) in [5, 5.41) is 4.04. The van der Waals surface area contributed by atoms with Crippen molar-refractivity contribution in [3.63, 3.8) is 0 Å². The Labute approximate surface area is 223 Å². The Kier molecular flexibility index (Phi) is 11.7. The lowest BCUT2D eigenvalue weighted by atomic mass is 10.1. The van der Waals surface area contributed by atoms with Crippen molar-refractivity contribution in [3.05, 3.63) is 95.6 Å². The van der Waals surface area contributed by atoms with Gasteiger partial charge in [0.2, 0.25) is 5.91 Å². The van der Waals surface area contributed by atoms with E-state index in [1.165, 1.54) is 38.0 Å². The summed E-state index contributed by atoms with van der Waals surface area (Å²) in [6, 6.07) is 21.8. The number of nitrogens with one attached hydrogen (secondary N) is 1. The Bertz CT molecular complexity index is 1210. The molecule has 0 aliphatic heterocycles. The van der Waals surface area contributed by atoms with E-state index in [4.69, 9.17) is 9.47 Å². The molecule has 0 heterocycles. The van der Waals surface area contributed by atoms with E-state index in [-0.39, 0.29) is 17.4 Å². The number of unbranched alkanes of at least 4 members (excludes halogenated alkanes) is 6. The van der Waals surface area contributed by atoms with Crippen molar-refractivity contribution >= 4 is 24.1 Å². The summed E-state index contributed by atoms with van der Waals surface area (Å²) in [5.74, 6) is -0.942. The van der Waals surface area contributed by atoms with Crippen LogP contribution in [0.15, 0.2) is 84.0 Å². The molecule has 0 atom stereocenters. The summed E-state index contributed by atoms with van der Waals surface area (Å²) >= 11 is 0. The largest absolute Gasteiger partial charge is 0.423 e. The van der Waals surface area contributed by atoms with Crippen LogP contribution in [0.1, 0.15) is 84.6 Å². The fourth-order valence-corrected chi connectivity index (χ4v) is 3.72. The fraction of sp³-hybridized carbons (Fsp3) is 0.290. The van der Waals surface area contributed by atoms with E-state index in [1.54, 1.807) is 72.8 Å². The first-order chi connectivity index (χ1) is 18.6. The van der Waals surface area contributed by atoms with Crippen molar-refractivity contribution < 1.29 is 23.9 Å². The molecule has 1 N–H and O–H groups in total. The van der Waals surface area contributed by atoms with Gasteiger partial charge in [-0.15, -0.1) is 0 Å². The number of hydrazone groups is 1. The summed E-state index contributed by atoms with van der Waals surface area (Å²) in [5.41, 5.74) is 3.72. The Morgan fingerprint density at radius 2 is 1.32 bits per heavy atom. The Hall–Kier alpha value is -4.26. The molecule has 38 heavy (non-hydrogen) atoms. The molecule has 3 aromatic carbocycles. The molecule has 3 rings (SSSR count). The van der Waals surface area contributed by atoms with Crippen LogP contribution in [0.5, 0.6) is 11.5 Å². The van der Waals surface area contributed by atoms with Crippen LogP contribution < -0.4 is 14.9 Å². The van der Waals surface area contributed by atoms with Gasteiger partial charge in [-0.25, -0.2) is 15.0 Å². The number of rotatable bonds is 14. The summed E-state index contributed by atoms with van der Waals surface area (Å²) in [6.45, 7) is 2.19. The average molecular weight is 515 g/mol. The van der Waals surface area contributed by atoms with Crippen LogP contribution in [0.3, 0.4) is 0 Å². The highest BCUT2D eigenvalue weighted by Crippen LogP contribution is 2.26. The molecule has 0 fully saturated rings. The molecule has 7 heteroatoms. The van der Waals surface area contributed by atoms with Gasteiger partial charge in [0.25, 0.3) is 0 Å². The Balaban J connectivity index is 1.64. The third kappa shape index (κ3) is 9.65. The Morgan fingerprint density at radius 3 is 1.95 bits per heavy atom. The standard InChI is InChI=1S/C31H34N2O5/c1-2-3-4-5-6-7-14-19-29(34)33-32-23-26-20-21-27(37-30(35)24-15-10-8-11-16-24)22-28(26)38-31(36)25-17-12-9-13-18-25/h8-13,15-18,20-23H,2-7,14,19H2,1H3,(H,33,34). The van der Waals surface area contributed by atoms with Gasteiger partial charge in [-0.2, -0.15) is 5.10 Å². The minimum atomic E-state index is -0.574. The van der Waals surface area contributed by atoms with Crippen LogP contribution in [0.2, 0.25) is 0 Å². The maximum absolute atomic E-state index is 12.7. The van der Waals surface area contributed by atoms with Gasteiger partial charge in [0, 0.05) is 18.1 Å². The molecule has 0 radical (unpaired) electrons. The molecule has 198 valence electrons. The number of carbonyl (C=O) groups excluding carboxylic acids is 3. The smallest absolute Gasteiger partial charge is 0.343 e. The SMILES string of the molecule is CCCCCCCCCC(=O)NN=Cc1ccc(OC(=O)c2ccccc2)cc1OC(=O)c1ccccc1. The van der Waals surface area contributed by atoms with Crippen LogP contribution >= 0.6 is 0 Å². The number of nitrogens with zero attached hydrogens (tertiary/aromatic N) is 1. The molecular formula is C31H34N2O5. The van der Waals surface area contributed by atoms with Gasteiger partial charge in [0.15, 0.2) is 0 Å². The van der Waals surface area contributed by atoms with Crippen LogP contribution in [0.4, 0.5) is 0 Å². The second-order valence-corrected chi connectivity index (χ2v) is 8.88. The zero-order chi connectivity index (χ0) is 27.0. The molecule has 7 nitrogen and oxygen atoms in total. The lowest BCUT2D eigenvalue weighted by molar-refractivity contribution is -0.121. The van der Waals surface area contributed by atoms with Gasteiger partial charge in [-0.1, -0.05) is 81.8 Å². The van der Waals surface area contributed by atoms with Gasteiger partial charge in [-0.3, -0.25) is 4.79 Å². The molecule has 0 aliphatic carbocycles. The minimum Gasteiger partial charge on any atom is -0.423 e. The topological polar surface area (TPSA) is 94.1 Å². The molecule has 0 aromatic heterocycles. The summed E-state index contributed by atoms with van der Waals surface area (Å²) in [4.78, 5) is 37.3. The summed E-state index contributed by atoms with van der Waals surface area (Å²) in [7, 11) is 0. The lowest BCUT2D eigenvalue weighted by Gasteiger charge is -2.10. The van der Waals surface area contributed by atoms with Gasteiger partial charge in [0.1, 0.15) is 11.5 Å². The monoisotopic (exact) mass is 514 g/mol. The van der Waals surface area contributed by atoms with E-state index >= 15 is 0 Å². The van der Waals surface area contributed by atoms with E-state index in [9.17, 15) is 14.4 Å². The van der Waals surface area contributed by atoms with Crippen LogP contribution in [0.25, 0.3) is 0 Å². The molecule has 0 bridgehead atoms. The highest BCUT2D eigenvalue weighted by atomic mass is 16.5. The van der Waals surface area contributed by atoms with Crippen molar-refractivity contribution in [2.45, 2.75) is 58.3 Å². The molecule has 0 aliphatic rings. The van der Waals surface area contributed by atoms with Gasteiger partial charge < -0.3 is 9.47 Å². The number of benzene rings is 3. The van der Waals surface area contributed by atoms with Gasteiger partial charge in [0.05, 0.1) is 17.3 Å². The molecule has 0 unspecified atom stereocenters. The maximum atomic E-state index is 12.7. The van der Waals surface area contributed by atoms with Gasteiger partial charge in [-0.05, 0) is 42.8 Å². The van der Waals surface area contributed by atoms with Crippen molar-refractivity contribution in [2.75, 3.05) is 0 Å². The zero-order valence-corrected chi connectivity index (χ0v) is 21.7. The van der Waals surface area contributed by atoms with Gasteiger partial charge >= 0.3 is 11.9 Å². The normalized spacial score (nSPS) is 10.8. The first-order valence-corrected chi connectivity index (χ1v) is 13.1. The molecule has 1 amide bonds. The van der Waals surface area contributed by atoms with E-state index < -0.39 is 11.9 Å². The highest BCUT2D eigenvalue weighted by Gasteiger charge is 2.14. The van der Waals surface area contributed by atoms with Crippen LogP contribution in [0, 0.1) is 0 Å². The maximum Gasteiger partial charge on any atom is 0.343 e.